The van der Waals surface area contributed by atoms with E-state index in [2.05, 4.69) is 25.7 Å². The van der Waals surface area contributed by atoms with Gasteiger partial charge in [-0.05, 0) is 18.9 Å². The van der Waals surface area contributed by atoms with E-state index in [1.165, 1.54) is 0 Å². The Balaban J connectivity index is 2.72. The first-order valence-electron chi connectivity index (χ1n) is 5.07. The zero-order valence-electron chi connectivity index (χ0n) is 8.75. The number of rotatable bonds is 2. The Morgan fingerprint density at radius 1 is 1.62 bits per heavy atom. The van der Waals surface area contributed by atoms with Crippen molar-refractivity contribution in [3.05, 3.63) is 0 Å². The predicted molar refractivity (Wildman–Crippen MR) is 51.4 cm³/mol. The molecule has 0 saturated carbocycles. The maximum Gasteiger partial charge on any atom is 0.323 e. The lowest BCUT2D eigenvalue weighted by Crippen LogP contribution is -2.44. The van der Waals surface area contributed by atoms with Crippen LogP contribution in [0.3, 0.4) is 0 Å². The average molecular weight is 185 g/mol. The Kier molecular flexibility index (Phi) is 3.72. The van der Waals surface area contributed by atoms with E-state index in [0.29, 0.717) is 12.5 Å². The third-order valence-electron chi connectivity index (χ3n) is 2.51. The molecule has 1 heterocycles. The summed E-state index contributed by atoms with van der Waals surface area (Å²) in [4.78, 5) is 13.8. The number of hydrogen-bond donors (Lipinski definition) is 0. The number of likely N-dealkylation sites (N-methyl/N-ethyl adjacent to an activating group) is 1. The molecule has 0 aromatic heterocycles. The molecular weight excluding hydrogens is 166 g/mol. The van der Waals surface area contributed by atoms with Crippen LogP contribution in [0.4, 0.5) is 0 Å². The molecule has 0 aromatic rings. The van der Waals surface area contributed by atoms with Crippen LogP contribution in [-0.4, -0.2) is 36.6 Å². The fourth-order valence-corrected chi connectivity index (χ4v) is 1.86. The summed E-state index contributed by atoms with van der Waals surface area (Å²) in [7, 11) is 0. The monoisotopic (exact) mass is 185 g/mol. The van der Waals surface area contributed by atoms with Gasteiger partial charge in [0.25, 0.3) is 0 Å². The van der Waals surface area contributed by atoms with Crippen LogP contribution in [-0.2, 0) is 9.53 Å². The van der Waals surface area contributed by atoms with Crippen LogP contribution in [0, 0.1) is 5.92 Å². The van der Waals surface area contributed by atoms with Crippen molar-refractivity contribution in [3.8, 4) is 0 Å². The lowest BCUT2D eigenvalue weighted by atomic mass is 10.0. The van der Waals surface area contributed by atoms with Crippen LogP contribution in [0.2, 0.25) is 0 Å². The van der Waals surface area contributed by atoms with E-state index in [9.17, 15) is 4.79 Å². The van der Waals surface area contributed by atoms with Gasteiger partial charge in [-0.1, -0.05) is 20.8 Å². The summed E-state index contributed by atoms with van der Waals surface area (Å²) in [5.74, 6) is 0.292. The number of cyclic esters (lactones) is 1. The number of ether oxygens (including phenoxy) is 1. The third-order valence-corrected chi connectivity index (χ3v) is 2.51. The van der Waals surface area contributed by atoms with Crippen molar-refractivity contribution >= 4 is 5.97 Å². The summed E-state index contributed by atoms with van der Waals surface area (Å²) < 4.78 is 5.13. The highest BCUT2D eigenvalue weighted by Crippen LogP contribution is 2.15. The molecule has 0 spiro atoms. The molecule has 1 atom stereocenters. The number of nitrogens with zero attached hydrogens (tertiary/aromatic N) is 1. The zero-order chi connectivity index (χ0) is 9.84. The van der Waals surface area contributed by atoms with Gasteiger partial charge in [-0.3, -0.25) is 9.69 Å². The number of hydrogen-bond acceptors (Lipinski definition) is 3. The highest BCUT2D eigenvalue weighted by Gasteiger charge is 2.30. The maximum absolute atomic E-state index is 11.6. The van der Waals surface area contributed by atoms with Crippen LogP contribution >= 0.6 is 0 Å². The van der Waals surface area contributed by atoms with Crippen LogP contribution in [0.25, 0.3) is 0 Å². The lowest BCUT2D eigenvalue weighted by Gasteiger charge is -2.28. The van der Waals surface area contributed by atoms with E-state index in [-0.39, 0.29) is 12.0 Å². The molecule has 0 N–H and O–H groups in total. The first-order chi connectivity index (χ1) is 6.16. The molecule has 3 heteroatoms. The molecule has 0 unspecified atom stereocenters. The third kappa shape index (κ3) is 2.44. The van der Waals surface area contributed by atoms with Gasteiger partial charge >= 0.3 is 5.97 Å². The summed E-state index contributed by atoms with van der Waals surface area (Å²) >= 11 is 0. The van der Waals surface area contributed by atoms with Gasteiger partial charge in [-0.15, -0.1) is 0 Å². The second kappa shape index (κ2) is 4.61. The summed E-state index contributed by atoms with van der Waals surface area (Å²) in [5, 5.41) is 0. The van der Waals surface area contributed by atoms with Crippen molar-refractivity contribution in [2.75, 3.05) is 19.7 Å². The zero-order valence-corrected chi connectivity index (χ0v) is 8.75. The van der Waals surface area contributed by atoms with Gasteiger partial charge in [-0.2, -0.15) is 0 Å². The summed E-state index contributed by atoms with van der Waals surface area (Å²) in [6.07, 6.45) is 0.961. The largest absolute Gasteiger partial charge is 0.464 e. The molecule has 0 radical (unpaired) electrons. The Morgan fingerprint density at radius 2 is 2.31 bits per heavy atom. The smallest absolute Gasteiger partial charge is 0.323 e. The first-order valence-corrected chi connectivity index (χ1v) is 5.07. The molecule has 1 fully saturated rings. The molecule has 1 aliphatic heterocycles. The molecule has 1 saturated heterocycles. The van der Waals surface area contributed by atoms with Crippen molar-refractivity contribution < 1.29 is 9.53 Å². The van der Waals surface area contributed by atoms with E-state index >= 15 is 0 Å². The lowest BCUT2D eigenvalue weighted by molar-refractivity contribution is -0.149. The topological polar surface area (TPSA) is 29.5 Å². The number of carbonyl (C=O) groups is 1. The summed E-state index contributed by atoms with van der Waals surface area (Å²) in [6.45, 7) is 8.72. The van der Waals surface area contributed by atoms with Gasteiger partial charge < -0.3 is 4.74 Å². The fraction of sp³-hybridized carbons (Fsp3) is 0.900. The van der Waals surface area contributed by atoms with Crippen LogP contribution < -0.4 is 0 Å². The highest BCUT2D eigenvalue weighted by molar-refractivity contribution is 5.76. The van der Waals surface area contributed by atoms with E-state index in [1.807, 2.05) is 0 Å². The van der Waals surface area contributed by atoms with E-state index < -0.39 is 0 Å². The van der Waals surface area contributed by atoms with Gasteiger partial charge in [-0.25, -0.2) is 0 Å². The Labute approximate surface area is 80.1 Å². The molecule has 13 heavy (non-hydrogen) atoms. The van der Waals surface area contributed by atoms with Crippen molar-refractivity contribution in [1.29, 1.82) is 0 Å². The summed E-state index contributed by atoms with van der Waals surface area (Å²) in [5.41, 5.74) is 0. The minimum Gasteiger partial charge on any atom is -0.464 e. The minimum atomic E-state index is -0.0469. The second-order valence-electron chi connectivity index (χ2n) is 3.84. The Bertz CT molecular complexity index is 180. The molecule has 1 rings (SSSR count). The van der Waals surface area contributed by atoms with Crippen LogP contribution in [0.5, 0.6) is 0 Å². The standard InChI is InChI=1S/C10H19NO2/c1-4-11-6-5-7-13-10(12)9(11)8(2)3/h8-9H,4-7H2,1-3H3/t9-/m1/s1. The highest BCUT2D eigenvalue weighted by atomic mass is 16.5. The molecule has 1 aliphatic rings. The van der Waals surface area contributed by atoms with Gasteiger partial charge in [0.15, 0.2) is 0 Å². The number of esters is 1. The number of carbonyl (C=O) groups excluding carboxylic acids is 1. The van der Waals surface area contributed by atoms with E-state index in [0.717, 1.165) is 19.5 Å². The SMILES string of the molecule is CCN1CCCOC(=O)[C@H]1C(C)C. The van der Waals surface area contributed by atoms with Crippen molar-refractivity contribution in [2.24, 2.45) is 5.92 Å². The van der Waals surface area contributed by atoms with Crippen molar-refractivity contribution in [3.63, 3.8) is 0 Å². The Hall–Kier alpha value is -0.570. The van der Waals surface area contributed by atoms with Gasteiger partial charge in [0.2, 0.25) is 0 Å². The van der Waals surface area contributed by atoms with Gasteiger partial charge in [0, 0.05) is 6.54 Å². The van der Waals surface area contributed by atoms with Crippen molar-refractivity contribution in [2.45, 2.75) is 33.2 Å². The van der Waals surface area contributed by atoms with Crippen molar-refractivity contribution in [1.82, 2.24) is 4.90 Å². The first kappa shape index (κ1) is 10.5. The van der Waals surface area contributed by atoms with Crippen LogP contribution in [0.1, 0.15) is 27.2 Å². The molecule has 76 valence electrons. The molecule has 0 aliphatic carbocycles. The molecular formula is C10H19NO2. The summed E-state index contributed by atoms with van der Waals surface area (Å²) in [6, 6.07) is -0.0347. The van der Waals surface area contributed by atoms with E-state index in [1.54, 1.807) is 0 Å². The maximum atomic E-state index is 11.6. The predicted octanol–water partition coefficient (Wildman–Crippen LogP) is 1.28. The van der Waals surface area contributed by atoms with Gasteiger partial charge in [0.05, 0.1) is 6.61 Å². The second-order valence-corrected chi connectivity index (χ2v) is 3.84. The molecule has 0 bridgehead atoms. The Morgan fingerprint density at radius 3 is 2.85 bits per heavy atom. The molecule has 3 nitrogen and oxygen atoms in total. The quantitative estimate of drug-likeness (QED) is 0.607. The minimum absolute atomic E-state index is 0.0347. The fourth-order valence-electron chi connectivity index (χ4n) is 1.86. The molecule has 0 aromatic carbocycles. The van der Waals surface area contributed by atoms with Gasteiger partial charge in [0.1, 0.15) is 6.04 Å². The normalized spacial score (nSPS) is 25.8. The van der Waals surface area contributed by atoms with Crippen LogP contribution in [0.15, 0.2) is 0 Å². The molecule has 0 amide bonds. The average Bonchev–Trinajstić information content (AvgIpc) is 2.26. The van der Waals surface area contributed by atoms with E-state index in [4.69, 9.17) is 4.74 Å².